The van der Waals surface area contributed by atoms with Gasteiger partial charge in [-0.1, -0.05) is 23.7 Å². The molecule has 1 aromatic carbocycles. The Morgan fingerprint density at radius 2 is 1.88 bits per heavy atom. The molecule has 0 radical (unpaired) electrons. The fourth-order valence-corrected chi connectivity index (χ4v) is 2.49. The zero-order chi connectivity index (χ0) is 19.3. The lowest BCUT2D eigenvalue weighted by Gasteiger charge is -2.36. The Morgan fingerprint density at radius 1 is 1.31 bits per heavy atom. The second-order valence-corrected chi connectivity index (χ2v) is 7.16. The summed E-state index contributed by atoms with van der Waals surface area (Å²) >= 11 is 5.96. The van der Waals surface area contributed by atoms with Crippen LogP contribution in [0.25, 0.3) is 0 Å². The van der Waals surface area contributed by atoms with Crippen LogP contribution in [-0.2, 0) is 0 Å². The van der Waals surface area contributed by atoms with Crippen molar-refractivity contribution >= 4 is 23.6 Å². The number of nitrogens with zero attached hydrogens (tertiary/aromatic N) is 4. The van der Waals surface area contributed by atoms with Crippen LogP contribution in [0, 0.1) is 11.3 Å². The summed E-state index contributed by atoms with van der Waals surface area (Å²) in [7, 11) is 0. The van der Waals surface area contributed by atoms with Gasteiger partial charge >= 0.3 is 6.09 Å². The first-order valence-electron chi connectivity index (χ1n) is 7.95. The number of nitriles is 1. The number of nitrogens with one attached hydrogen (secondary N) is 1. The second-order valence-electron chi connectivity index (χ2n) is 6.72. The van der Waals surface area contributed by atoms with Crippen molar-refractivity contribution in [2.75, 3.05) is 11.9 Å². The number of aromatic nitrogens is 2. The zero-order valence-electron chi connectivity index (χ0n) is 14.8. The van der Waals surface area contributed by atoms with Crippen molar-refractivity contribution in [2.45, 2.75) is 32.4 Å². The van der Waals surface area contributed by atoms with Gasteiger partial charge in [0.15, 0.2) is 0 Å². The highest BCUT2D eigenvalue weighted by molar-refractivity contribution is 6.30. The van der Waals surface area contributed by atoms with Crippen LogP contribution in [0.15, 0.2) is 36.7 Å². The number of rotatable bonds is 5. The van der Waals surface area contributed by atoms with E-state index in [2.05, 4.69) is 15.3 Å². The molecule has 1 atom stereocenters. The number of halogens is 1. The Labute approximate surface area is 157 Å². The second kappa shape index (κ2) is 8.02. The maximum Gasteiger partial charge on any atom is 0.407 e. The third-order valence-corrected chi connectivity index (χ3v) is 4.01. The number of anilines is 1. The third-order valence-electron chi connectivity index (χ3n) is 3.76. The highest BCUT2D eigenvalue weighted by Gasteiger charge is 2.29. The van der Waals surface area contributed by atoms with E-state index in [1.54, 1.807) is 12.1 Å². The molecule has 26 heavy (non-hydrogen) atoms. The van der Waals surface area contributed by atoms with Gasteiger partial charge in [-0.3, -0.25) is 0 Å². The first-order chi connectivity index (χ1) is 12.2. The van der Waals surface area contributed by atoms with E-state index in [9.17, 15) is 9.90 Å². The fraction of sp³-hybridized carbons (Fsp3) is 0.333. The molecule has 0 aliphatic carbocycles. The summed E-state index contributed by atoms with van der Waals surface area (Å²) in [5.41, 5.74) is 0.613. The predicted octanol–water partition coefficient (Wildman–Crippen LogP) is 3.93. The molecule has 0 aliphatic rings. The van der Waals surface area contributed by atoms with Crippen LogP contribution in [0.3, 0.4) is 0 Å². The van der Waals surface area contributed by atoms with E-state index in [-0.39, 0.29) is 6.54 Å². The van der Waals surface area contributed by atoms with Gasteiger partial charge in [0.1, 0.15) is 6.07 Å². The lowest BCUT2D eigenvalue weighted by molar-refractivity contribution is 0.0973. The topological polar surface area (TPSA) is 102 Å². The third kappa shape index (κ3) is 5.07. The molecule has 0 fully saturated rings. The van der Waals surface area contributed by atoms with Gasteiger partial charge in [-0.05, 0) is 38.5 Å². The first kappa shape index (κ1) is 19.5. The minimum Gasteiger partial charge on any atom is -0.465 e. The Bertz CT molecular complexity index is 794. The molecule has 1 aromatic heterocycles. The van der Waals surface area contributed by atoms with Crippen LogP contribution >= 0.6 is 11.6 Å². The number of hydrogen-bond donors (Lipinski definition) is 2. The van der Waals surface area contributed by atoms with Gasteiger partial charge in [0, 0.05) is 17.1 Å². The van der Waals surface area contributed by atoms with Gasteiger partial charge < -0.3 is 15.3 Å². The van der Waals surface area contributed by atoms with E-state index >= 15 is 0 Å². The average Bonchev–Trinajstić information content (AvgIpc) is 2.58. The van der Waals surface area contributed by atoms with Crippen LogP contribution in [0.2, 0.25) is 5.02 Å². The van der Waals surface area contributed by atoms with Crippen molar-refractivity contribution in [3.05, 3.63) is 52.8 Å². The molecule has 0 saturated carbocycles. The average molecular weight is 374 g/mol. The van der Waals surface area contributed by atoms with Crippen molar-refractivity contribution in [3.8, 4) is 6.07 Å². The number of hydrogen-bond acceptors (Lipinski definition) is 5. The predicted molar refractivity (Wildman–Crippen MR) is 99.0 cm³/mol. The normalized spacial score (nSPS) is 12.1. The van der Waals surface area contributed by atoms with Crippen molar-refractivity contribution < 1.29 is 9.90 Å². The van der Waals surface area contributed by atoms with Crippen LogP contribution in [0.5, 0.6) is 0 Å². The fourth-order valence-electron chi connectivity index (χ4n) is 2.37. The molecule has 1 unspecified atom stereocenters. The maximum absolute atomic E-state index is 11.7. The zero-order valence-corrected chi connectivity index (χ0v) is 15.5. The molecule has 136 valence electrons. The van der Waals surface area contributed by atoms with Gasteiger partial charge in [0.2, 0.25) is 5.95 Å². The van der Waals surface area contributed by atoms with Crippen LogP contribution < -0.4 is 5.32 Å². The Balaban J connectivity index is 2.33. The van der Waals surface area contributed by atoms with E-state index in [1.807, 2.05) is 39.0 Å². The molecule has 8 heteroatoms. The molecule has 7 nitrogen and oxygen atoms in total. The van der Waals surface area contributed by atoms with Crippen molar-refractivity contribution in [1.82, 2.24) is 14.9 Å². The van der Waals surface area contributed by atoms with Gasteiger partial charge in [0.25, 0.3) is 0 Å². The van der Waals surface area contributed by atoms with Crippen LogP contribution in [-0.4, -0.2) is 38.2 Å². The van der Waals surface area contributed by atoms with Gasteiger partial charge in [0.05, 0.1) is 24.0 Å². The summed E-state index contributed by atoms with van der Waals surface area (Å²) in [5.74, 6) is 0.309. The van der Waals surface area contributed by atoms with E-state index in [1.165, 1.54) is 17.3 Å². The van der Waals surface area contributed by atoms with Crippen molar-refractivity contribution in [1.29, 1.82) is 5.26 Å². The molecule has 1 heterocycles. The standard InChI is InChI=1S/C18H20ClN5O2/c1-18(2,3)24(17(25)26)11-15(13-4-6-14(19)7-5-13)23-16-21-9-12(8-20)10-22-16/h4-7,9-10,15H,11H2,1-3H3,(H,25,26)(H,21,22,23). The van der Waals surface area contributed by atoms with E-state index in [4.69, 9.17) is 16.9 Å². The highest BCUT2D eigenvalue weighted by atomic mass is 35.5. The monoisotopic (exact) mass is 373 g/mol. The van der Waals surface area contributed by atoms with Crippen LogP contribution in [0.1, 0.15) is 37.9 Å². The number of amides is 1. The number of carbonyl (C=O) groups is 1. The number of benzene rings is 1. The van der Waals surface area contributed by atoms with Gasteiger partial charge in [-0.15, -0.1) is 0 Å². The molecule has 0 saturated heterocycles. The number of carboxylic acid groups (broad SMARTS) is 1. The highest BCUT2D eigenvalue weighted by Crippen LogP contribution is 2.24. The summed E-state index contributed by atoms with van der Waals surface area (Å²) in [6, 6.07) is 8.70. The molecule has 2 aromatic rings. The lowest BCUT2D eigenvalue weighted by Crippen LogP contribution is -2.47. The Morgan fingerprint density at radius 3 is 2.35 bits per heavy atom. The first-order valence-corrected chi connectivity index (χ1v) is 8.33. The quantitative estimate of drug-likeness (QED) is 0.823. The molecule has 1 amide bonds. The molecule has 0 spiro atoms. The van der Waals surface area contributed by atoms with Gasteiger partial charge in [-0.25, -0.2) is 14.8 Å². The van der Waals surface area contributed by atoms with E-state index in [0.717, 1.165) is 5.56 Å². The molecule has 2 rings (SSSR count). The van der Waals surface area contributed by atoms with Crippen molar-refractivity contribution in [3.63, 3.8) is 0 Å². The summed E-state index contributed by atoms with van der Waals surface area (Å²) in [5, 5.41) is 22.2. The Hall–Kier alpha value is -2.85. The van der Waals surface area contributed by atoms with Gasteiger partial charge in [-0.2, -0.15) is 5.26 Å². The van der Waals surface area contributed by atoms with Crippen LogP contribution in [0.4, 0.5) is 10.7 Å². The molecule has 0 aliphatic heterocycles. The lowest BCUT2D eigenvalue weighted by atomic mass is 10.0. The largest absolute Gasteiger partial charge is 0.465 e. The summed E-state index contributed by atoms with van der Waals surface area (Å²) in [4.78, 5) is 21.3. The smallest absolute Gasteiger partial charge is 0.407 e. The summed E-state index contributed by atoms with van der Waals surface area (Å²) < 4.78 is 0. The molecule has 2 N–H and O–H groups in total. The molecular formula is C18H20ClN5O2. The molecule has 0 bridgehead atoms. The SMILES string of the molecule is CC(C)(C)N(CC(Nc1ncc(C#N)cn1)c1ccc(Cl)cc1)C(=O)O. The van der Waals surface area contributed by atoms with E-state index < -0.39 is 17.7 Å². The Kier molecular flexibility index (Phi) is 6.01. The summed E-state index contributed by atoms with van der Waals surface area (Å²) in [6.45, 7) is 5.68. The minimum atomic E-state index is -1.01. The maximum atomic E-state index is 11.7. The van der Waals surface area contributed by atoms with E-state index in [0.29, 0.717) is 16.5 Å². The minimum absolute atomic E-state index is 0.184. The molecular weight excluding hydrogens is 354 g/mol. The van der Waals surface area contributed by atoms with Crippen molar-refractivity contribution in [2.24, 2.45) is 0 Å². The summed E-state index contributed by atoms with van der Waals surface area (Å²) in [6.07, 6.45) is 1.80.